The van der Waals surface area contributed by atoms with E-state index < -0.39 is 272 Å². The second-order valence-corrected chi connectivity index (χ2v) is 27.7. The van der Waals surface area contributed by atoms with Crippen LogP contribution in [-0.4, -0.2) is 265 Å². The quantitative estimate of drug-likeness (QED) is 0.0164. The van der Waals surface area contributed by atoms with E-state index in [0.717, 1.165) is 13.8 Å². The molecule has 47 heteroatoms. The number of guanidine groups is 1. The first-order valence-electron chi connectivity index (χ1n) is 36.8. The molecule has 47 nitrogen and oxygen atoms in total. The van der Waals surface area contributed by atoms with Gasteiger partial charge in [-0.15, -0.1) is 0 Å². The summed E-state index contributed by atoms with van der Waals surface area (Å²) >= 11 is 0. The van der Waals surface area contributed by atoms with Gasteiger partial charge in [-0.05, 0) is 84.5 Å². The number of imidazole rings is 1. The minimum Gasteiger partial charge on any atom is -0.481 e. The number of aliphatic imine (C=N–C) groups is 1. The van der Waals surface area contributed by atoms with Gasteiger partial charge in [0.05, 0.1) is 31.9 Å². The Labute approximate surface area is 661 Å². The number of rotatable bonds is 54. The number of aliphatic hydroxyl groups excluding tert-OH is 1. The molecule has 644 valence electrons. The summed E-state index contributed by atoms with van der Waals surface area (Å²) in [6.45, 7) is 13.9. The van der Waals surface area contributed by atoms with Gasteiger partial charge >= 0.3 is 17.9 Å². The number of hydrogen-bond acceptors (Lipinski definition) is 24. The smallest absolute Gasteiger partial charge is 0.326 e. The fourth-order valence-corrected chi connectivity index (χ4v) is 10.2. The van der Waals surface area contributed by atoms with Gasteiger partial charge < -0.3 is 134 Å². The van der Waals surface area contributed by atoms with Gasteiger partial charge in [0.2, 0.25) is 100 Å². The molecular weight excluding hydrogens is 1520 g/mol. The maximum absolute atomic E-state index is 14.2. The Hall–Kier alpha value is -12.2. The van der Waals surface area contributed by atoms with Crippen LogP contribution >= 0.6 is 0 Å². The van der Waals surface area contributed by atoms with E-state index in [-0.39, 0.29) is 56.2 Å². The van der Waals surface area contributed by atoms with Crippen molar-refractivity contribution in [3.63, 3.8) is 0 Å². The lowest BCUT2D eigenvalue weighted by Crippen LogP contribution is -2.61. The van der Waals surface area contributed by atoms with Crippen molar-refractivity contribution >= 4 is 124 Å². The van der Waals surface area contributed by atoms with Gasteiger partial charge in [-0.3, -0.25) is 96.1 Å². The van der Waals surface area contributed by atoms with Crippen molar-refractivity contribution in [3.05, 3.63) is 18.2 Å². The minimum atomic E-state index is -1.97. The van der Waals surface area contributed by atoms with E-state index in [9.17, 15) is 116 Å². The summed E-state index contributed by atoms with van der Waals surface area (Å²) in [6.07, 6.45) is -1.81. The number of nitrogens with one attached hydrogen (secondary N) is 16. The molecule has 0 radical (unpaired) electrons. The summed E-state index contributed by atoms with van der Waals surface area (Å²) in [5, 5.41) is 73.6. The van der Waals surface area contributed by atoms with E-state index in [2.05, 4.69) is 94.7 Å². The molecule has 0 aliphatic heterocycles. The third kappa shape index (κ3) is 37.8. The number of primary amides is 2. The molecule has 0 bridgehead atoms. The number of carboxylic acids is 3. The van der Waals surface area contributed by atoms with Crippen molar-refractivity contribution < 1.29 is 116 Å². The molecule has 0 fully saturated rings. The molecule has 17 atom stereocenters. The molecule has 0 unspecified atom stereocenters. The Morgan fingerprint density at radius 1 is 0.426 bits per heavy atom. The van der Waals surface area contributed by atoms with Gasteiger partial charge in [0.1, 0.15) is 84.6 Å². The highest BCUT2D eigenvalue weighted by Crippen LogP contribution is 2.14. The summed E-state index contributed by atoms with van der Waals surface area (Å²) in [6, 6.07) is -23.3. The van der Waals surface area contributed by atoms with Crippen LogP contribution in [0.4, 0.5) is 0 Å². The first-order valence-corrected chi connectivity index (χ1v) is 36.8. The summed E-state index contributed by atoms with van der Waals surface area (Å²) < 4.78 is 0. The number of nitrogens with zero attached hydrogens (tertiary/aromatic N) is 2. The Bertz CT molecular complexity index is 3620. The topological polar surface area (TPSA) is 774 Å². The highest BCUT2D eigenvalue weighted by Gasteiger charge is 2.39. The van der Waals surface area contributed by atoms with Crippen molar-refractivity contribution in [2.24, 2.45) is 51.4 Å². The van der Waals surface area contributed by atoms with E-state index in [0.29, 0.717) is 6.42 Å². The molecule has 0 saturated carbocycles. The molecule has 0 saturated heterocycles. The maximum Gasteiger partial charge on any atom is 0.326 e. The largest absolute Gasteiger partial charge is 0.481 e. The fourth-order valence-electron chi connectivity index (χ4n) is 10.2. The second kappa shape index (κ2) is 50.7. The number of amides is 17. The van der Waals surface area contributed by atoms with Crippen LogP contribution in [0.1, 0.15) is 152 Å². The van der Waals surface area contributed by atoms with Crippen molar-refractivity contribution in [2.75, 3.05) is 19.7 Å². The average molecular weight is 1640 g/mol. The minimum absolute atomic E-state index is 0.0494. The van der Waals surface area contributed by atoms with E-state index in [1.807, 2.05) is 0 Å². The van der Waals surface area contributed by atoms with Crippen LogP contribution in [-0.2, 0) is 102 Å². The van der Waals surface area contributed by atoms with Crippen LogP contribution < -0.4 is 108 Å². The number of carbonyl (C=O) groups excluding carboxylic acids is 17. The lowest BCUT2D eigenvalue weighted by atomic mass is 9.96. The predicted molar refractivity (Wildman–Crippen MR) is 403 cm³/mol. The lowest BCUT2D eigenvalue weighted by Gasteiger charge is -2.29. The van der Waals surface area contributed by atoms with E-state index in [4.69, 9.17) is 28.7 Å². The Kier molecular flexibility index (Phi) is 44.5. The molecule has 0 aliphatic rings. The number of H-pyrrole nitrogens is 1. The third-order valence-electron chi connectivity index (χ3n) is 17.7. The molecule has 0 aliphatic carbocycles. The third-order valence-corrected chi connectivity index (χ3v) is 17.7. The number of aliphatic hydroxyl groups is 1. The number of carboxylic acid groups (broad SMARTS) is 3. The zero-order chi connectivity index (χ0) is 87.8. The number of aliphatic carboxylic acids is 3. The fraction of sp³-hybridized carbons (Fsp3) is 0.647. The van der Waals surface area contributed by atoms with Crippen LogP contribution in [0.5, 0.6) is 0 Å². The van der Waals surface area contributed by atoms with Crippen LogP contribution in [0.25, 0.3) is 0 Å². The Morgan fingerprint density at radius 3 is 1.26 bits per heavy atom. The standard InChI is InChI=1S/C68H113N23O24/c1-12-30(5)50(71)64(111)89-44(27-92)63(110)86-38(16-19-45(69)93)58(105)80-36(11)57(104)90-51(29(3)4)65(112)82-33(8)54(101)78-34(9)56(103)87-42(23-37-25-74-28-77-37)61(108)81-35(10)55(102)84-40(18-21-49(98)99)60(107)91-52(31(6)13-2)66(113)88-43(24-46(70)94)62(109)85-39(17-20-48(96)97)59(106)79-32(7)53(100)76-26-47(95)83-41(67(114)115)15-14-22-75-68(72)73/h25,28-36,38-44,50-52,92H,12-24,26-27,71H2,1-11H3,(H2,69,93)(H2,70,94)(H,74,77)(H,76,100)(H,78,101)(H,79,106)(H,80,105)(H,81,108)(H,82,112)(H,83,95)(H,84,102)(H,85,109)(H,86,110)(H,87,103)(H,88,113)(H,89,111)(H,90,104)(H,91,107)(H,96,97)(H,98,99)(H,114,115)(H4,72,73,75)/t30-,31-,32-,33-,34-,35-,36-,38-,39-,40-,41-,42-,43-,44-,50-,51-,52-/m0/s1. The molecule has 30 N–H and O–H groups in total. The van der Waals surface area contributed by atoms with Crippen LogP contribution in [0.3, 0.4) is 0 Å². The summed E-state index contributed by atoms with van der Waals surface area (Å²) in [5.74, 6) is -24.1. The van der Waals surface area contributed by atoms with Gasteiger partial charge in [0, 0.05) is 44.1 Å². The number of aromatic amines is 1. The Morgan fingerprint density at radius 2 is 0.817 bits per heavy atom. The zero-order valence-electron chi connectivity index (χ0n) is 65.9. The predicted octanol–water partition coefficient (Wildman–Crippen LogP) is -9.97. The zero-order valence-corrected chi connectivity index (χ0v) is 65.9. The van der Waals surface area contributed by atoms with E-state index in [1.165, 1.54) is 54.1 Å². The Balaban J connectivity index is 3.31. The molecule has 0 spiro atoms. The monoisotopic (exact) mass is 1640 g/mol. The van der Waals surface area contributed by atoms with Gasteiger partial charge in [-0.1, -0.05) is 54.4 Å². The van der Waals surface area contributed by atoms with Gasteiger partial charge in [-0.2, -0.15) is 0 Å². The normalized spacial score (nSPS) is 15.4. The molecule has 0 aromatic carbocycles. The number of hydrogen-bond donors (Lipinski definition) is 25. The van der Waals surface area contributed by atoms with Gasteiger partial charge in [0.15, 0.2) is 5.96 Å². The first kappa shape index (κ1) is 101. The van der Waals surface area contributed by atoms with Gasteiger partial charge in [-0.25, -0.2) is 9.78 Å². The van der Waals surface area contributed by atoms with Crippen molar-refractivity contribution in [2.45, 2.75) is 244 Å². The number of nitrogens with two attached hydrogens (primary N) is 5. The molecule has 17 amide bonds. The van der Waals surface area contributed by atoms with Crippen LogP contribution in [0, 0.1) is 17.8 Å². The SMILES string of the molecule is CC[C@H](C)[C@H](N)C(=O)N[C@@H](CO)C(=O)N[C@@H](CCC(N)=O)C(=O)N[C@@H](C)C(=O)N[C@H](C(=O)N[C@@H](C)C(=O)N[C@@H](C)C(=O)N[C@@H](Cc1cnc[nH]1)C(=O)N[C@@H](C)C(=O)N[C@@H](CCC(=O)O)C(=O)N[C@H](C(=O)N[C@@H](CC(N)=O)C(=O)N[C@@H](CCC(=O)O)C(=O)N[C@@H](C)C(=O)NCC(=O)N[C@@H](CCCN=C(N)N)C(=O)O)[C@@H](C)CC)C(C)C. The molecule has 1 rings (SSSR count). The molecule has 1 heterocycles. The second-order valence-electron chi connectivity index (χ2n) is 27.7. The van der Waals surface area contributed by atoms with Gasteiger partial charge in [0.25, 0.3) is 0 Å². The highest BCUT2D eigenvalue weighted by molar-refractivity contribution is 6.01. The first-order chi connectivity index (χ1) is 53.7. The molecule has 115 heavy (non-hydrogen) atoms. The molecule has 1 aromatic rings. The lowest BCUT2D eigenvalue weighted by molar-refractivity contribution is -0.142. The van der Waals surface area contributed by atoms with Crippen molar-refractivity contribution in [3.8, 4) is 0 Å². The number of aromatic nitrogens is 2. The highest BCUT2D eigenvalue weighted by atomic mass is 16.4. The van der Waals surface area contributed by atoms with Crippen LogP contribution in [0.2, 0.25) is 0 Å². The average Bonchev–Trinajstić information content (AvgIpc) is 1.67. The van der Waals surface area contributed by atoms with Crippen LogP contribution in [0.15, 0.2) is 17.5 Å². The van der Waals surface area contributed by atoms with E-state index in [1.54, 1.807) is 20.8 Å². The molecule has 1 aromatic heterocycles. The summed E-state index contributed by atoms with van der Waals surface area (Å²) in [7, 11) is 0. The van der Waals surface area contributed by atoms with Crippen molar-refractivity contribution in [1.29, 1.82) is 0 Å². The summed E-state index contributed by atoms with van der Waals surface area (Å²) in [4.78, 5) is 273. The number of carbonyl (C=O) groups is 20. The maximum atomic E-state index is 14.2. The van der Waals surface area contributed by atoms with E-state index >= 15 is 0 Å². The van der Waals surface area contributed by atoms with Crippen molar-refractivity contribution in [1.82, 2.24) is 89.7 Å². The molecular formula is C68H113N23O24. The summed E-state index contributed by atoms with van der Waals surface area (Å²) in [5.41, 5.74) is 27.5.